The number of ether oxygens (including phenoxy) is 2. The molecule has 0 saturated heterocycles. The Labute approximate surface area is 189 Å². The molecule has 0 unspecified atom stereocenters. The lowest BCUT2D eigenvalue weighted by Crippen LogP contribution is -2.57. The number of fused-ring (bicyclic) bond motifs is 1. The number of carbonyl (C=O) groups is 2. The Morgan fingerprint density at radius 3 is 2.56 bits per heavy atom. The van der Waals surface area contributed by atoms with Crippen molar-refractivity contribution >= 4 is 11.9 Å². The molecule has 3 atom stereocenters. The Morgan fingerprint density at radius 1 is 1.19 bits per heavy atom. The Kier molecular flexibility index (Phi) is 7.66. The van der Waals surface area contributed by atoms with Gasteiger partial charge in [0, 0.05) is 30.6 Å². The molecule has 0 fully saturated rings. The first kappa shape index (κ1) is 23.9. The monoisotopic (exact) mass is 439 g/mol. The zero-order valence-corrected chi connectivity index (χ0v) is 19.0. The number of hydrogen-bond donors (Lipinski definition) is 3. The van der Waals surface area contributed by atoms with E-state index in [0.717, 1.165) is 23.1 Å². The van der Waals surface area contributed by atoms with E-state index < -0.39 is 17.9 Å². The lowest BCUT2D eigenvalue weighted by Gasteiger charge is -2.45. The van der Waals surface area contributed by atoms with Gasteiger partial charge < -0.3 is 26.3 Å². The first-order valence-electron chi connectivity index (χ1n) is 10.9. The number of methoxy groups -OCH3 is 1. The van der Waals surface area contributed by atoms with Crippen molar-refractivity contribution in [3.63, 3.8) is 0 Å². The molecule has 0 heterocycles. The zero-order valence-electron chi connectivity index (χ0n) is 19.0. The molecule has 1 aliphatic carbocycles. The van der Waals surface area contributed by atoms with Crippen LogP contribution in [-0.4, -0.2) is 43.7 Å². The summed E-state index contributed by atoms with van der Waals surface area (Å²) < 4.78 is 11.1. The topological polar surface area (TPSA) is 117 Å². The summed E-state index contributed by atoms with van der Waals surface area (Å²) in [6, 6.07) is 14.4. The smallest absolute Gasteiger partial charge is 0.323 e. The van der Waals surface area contributed by atoms with E-state index in [0.29, 0.717) is 18.5 Å². The van der Waals surface area contributed by atoms with E-state index >= 15 is 0 Å². The van der Waals surface area contributed by atoms with Crippen LogP contribution in [0.5, 0.6) is 0 Å². The Bertz CT molecular complexity index is 945. The summed E-state index contributed by atoms with van der Waals surface area (Å²) in [5, 5.41) is 3.53. The Hall–Kier alpha value is -2.74. The molecule has 0 saturated carbocycles. The zero-order chi connectivity index (χ0) is 23.3. The second kappa shape index (κ2) is 10.3. The fourth-order valence-electron chi connectivity index (χ4n) is 4.43. The van der Waals surface area contributed by atoms with Crippen molar-refractivity contribution in [3.8, 4) is 0 Å². The van der Waals surface area contributed by atoms with Crippen LogP contribution in [-0.2, 0) is 32.7 Å². The van der Waals surface area contributed by atoms with Crippen molar-refractivity contribution in [2.45, 2.75) is 56.9 Å². The van der Waals surface area contributed by atoms with Crippen LogP contribution < -0.4 is 16.8 Å². The molecule has 3 rings (SSSR count). The van der Waals surface area contributed by atoms with Gasteiger partial charge in [0.15, 0.2) is 0 Å². The maximum Gasteiger partial charge on any atom is 0.323 e. The minimum Gasteiger partial charge on any atom is -0.460 e. The largest absolute Gasteiger partial charge is 0.460 e. The average molecular weight is 440 g/mol. The van der Waals surface area contributed by atoms with E-state index in [4.69, 9.17) is 20.9 Å². The maximum atomic E-state index is 12.3. The molecule has 0 radical (unpaired) electrons. The Balaban J connectivity index is 1.61. The molecule has 7 nitrogen and oxygen atoms in total. The van der Waals surface area contributed by atoms with Crippen LogP contribution in [0.2, 0.25) is 0 Å². The summed E-state index contributed by atoms with van der Waals surface area (Å²) >= 11 is 0. The number of esters is 1. The van der Waals surface area contributed by atoms with Gasteiger partial charge in [-0.3, -0.25) is 9.59 Å². The number of amides is 1. The van der Waals surface area contributed by atoms with Gasteiger partial charge in [0.05, 0.1) is 6.10 Å². The molecular formula is C25H33N3O4. The van der Waals surface area contributed by atoms with Crippen LogP contribution in [0.4, 0.5) is 0 Å². The third kappa shape index (κ3) is 5.35. The summed E-state index contributed by atoms with van der Waals surface area (Å²) in [4.78, 5) is 23.9. The molecule has 0 bridgehead atoms. The van der Waals surface area contributed by atoms with Gasteiger partial charge in [0.2, 0.25) is 5.91 Å². The van der Waals surface area contributed by atoms with Gasteiger partial charge in [-0.25, -0.2) is 0 Å². The van der Waals surface area contributed by atoms with Gasteiger partial charge in [-0.2, -0.15) is 0 Å². The summed E-state index contributed by atoms with van der Waals surface area (Å²) in [5.74, 6) is -0.861. The second-order valence-corrected chi connectivity index (χ2v) is 8.86. The standard InChI is InChI=1S/C25H33N3O4/c1-25(2)19-13-18(23(27)29)10-9-17(19)14-21(31-3)22(25)28-12-11-20(26)24(30)32-15-16-7-5-4-6-8-16/h4-10,13,20-22,28H,11-12,14-15,26H2,1-3H3,(H2,27,29)/t20-,21-,22+/m0/s1. The SMILES string of the molecule is CO[C@H]1Cc2ccc(C(N)=O)cc2C(C)(C)[C@@H]1NCC[C@H](N)C(=O)OCc1ccccc1. The number of primary amides is 1. The van der Waals surface area contributed by atoms with E-state index in [9.17, 15) is 9.59 Å². The summed E-state index contributed by atoms with van der Waals surface area (Å²) in [6.07, 6.45) is 1.10. The van der Waals surface area contributed by atoms with Crippen LogP contribution in [0, 0.1) is 0 Å². The molecule has 2 aromatic rings. The number of carbonyl (C=O) groups excluding carboxylic acids is 2. The fourth-order valence-corrected chi connectivity index (χ4v) is 4.43. The molecule has 1 aliphatic rings. The molecule has 0 aromatic heterocycles. The van der Waals surface area contributed by atoms with Crippen LogP contribution in [0.15, 0.2) is 48.5 Å². The molecule has 172 valence electrons. The highest BCUT2D eigenvalue weighted by Gasteiger charge is 2.42. The number of benzene rings is 2. The van der Waals surface area contributed by atoms with E-state index in [1.54, 1.807) is 13.2 Å². The van der Waals surface area contributed by atoms with Crippen molar-refractivity contribution < 1.29 is 19.1 Å². The number of rotatable bonds is 9. The van der Waals surface area contributed by atoms with Crippen LogP contribution in [0.3, 0.4) is 0 Å². The van der Waals surface area contributed by atoms with Crippen molar-refractivity contribution in [3.05, 3.63) is 70.8 Å². The molecule has 2 aromatic carbocycles. The molecule has 5 N–H and O–H groups in total. The minimum absolute atomic E-state index is 0.0318. The first-order chi connectivity index (χ1) is 15.2. The van der Waals surface area contributed by atoms with Crippen molar-refractivity contribution in [2.24, 2.45) is 11.5 Å². The molecular weight excluding hydrogens is 406 g/mol. The molecule has 0 spiro atoms. The third-order valence-corrected chi connectivity index (χ3v) is 6.31. The third-order valence-electron chi connectivity index (χ3n) is 6.31. The predicted octanol–water partition coefficient (Wildman–Crippen LogP) is 2.05. The highest BCUT2D eigenvalue weighted by molar-refractivity contribution is 5.93. The molecule has 32 heavy (non-hydrogen) atoms. The van der Waals surface area contributed by atoms with E-state index in [-0.39, 0.29) is 24.2 Å². The van der Waals surface area contributed by atoms with Crippen LogP contribution in [0.1, 0.15) is 47.3 Å². The fraction of sp³-hybridized carbons (Fsp3) is 0.440. The minimum atomic E-state index is -0.715. The van der Waals surface area contributed by atoms with Crippen molar-refractivity contribution in [1.82, 2.24) is 5.32 Å². The van der Waals surface area contributed by atoms with Crippen molar-refractivity contribution in [1.29, 1.82) is 0 Å². The predicted molar refractivity (Wildman–Crippen MR) is 123 cm³/mol. The average Bonchev–Trinajstić information content (AvgIpc) is 2.78. The van der Waals surface area contributed by atoms with Gasteiger partial charge in [-0.1, -0.05) is 50.2 Å². The second-order valence-electron chi connectivity index (χ2n) is 8.86. The summed E-state index contributed by atoms with van der Waals surface area (Å²) in [6.45, 7) is 4.97. The van der Waals surface area contributed by atoms with Gasteiger partial charge in [0.1, 0.15) is 12.6 Å². The Morgan fingerprint density at radius 2 is 1.91 bits per heavy atom. The molecule has 7 heteroatoms. The first-order valence-corrected chi connectivity index (χ1v) is 10.9. The lowest BCUT2D eigenvalue weighted by molar-refractivity contribution is -0.146. The number of hydrogen-bond acceptors (Lipinski definition) is 6. The maximum absolute atomic E-state index is 12.3. The highest BCUT2D eigenvalue weighted by Crippen LogP contribution is 2.38. The van der Waals surface area contributed by atoms with E-state index in [1.807, 2.05) is 42.5 Å². The number of nitrogens with two attached hydrogens (primary N) is 2. The summed E-state index contributed by atoms with van der Waals surface area (Å²) in [5.41, 5.74) is 14.9. The van der Waals surface area contributed by atoms with Crippen LogP contribution >= 0.6 is 0 Å². The van der Waals surface area contributed by atoms with Gasteiger partial charge in [0.25, 0.3) is 0 Å². The van der Waals surface area contributed by atoms with Gasteiger partial charge in [-0.05, 0) is 41.8 Å². The quantitative estimate of drug-likeness (QED) is 0.515. The van der Waals surface area contributed by atoms with E-state index in [2.05, 4.69) is 19.2 Å². The van der Waals surface area contributed by atoms with Gasteiger partial charge in [-0.15, -0.1) is 0 Å². The van der Waals surface area contributed by atoms with Crippen molar-refractivity contribution in [2.75, 3.05) is 13.7 Å². The number of nitrogens with one attached hydrogen (secondary N) is 1. The lowest BCUT2D eigenvalue weighted by atomic mass is 9.67. The normalized spacial score (nSPS) is 20.2. The highest BCUT2D eigenvalue weighted by atomic mass is 16.5. The summed E-state index contributed by atoms with van der Waals surface area (Å²) in [7, 11) is 1.70. The molecule has 0 aliphatic heterocycles. The van der Waals surface area contributed by atoms with E-state index in [1.165, 1.54) is 0 Å². The molecule has 1 amide bonds. The van der Waals surface area contributed by atoms with Crippen LogP contribution in [0.25, 0.3) is 0 Å². The van der Waals surface area contributed by atoms with Gasteiger partial charge >= 0.3 is 5.97 Å².